The molecular weight excluding hydrogens is 368 g/mol. The van der Waals surface area contributed by atoms with E-state index in [2.05, 4.69) is 10.3 Å². The predicted molar refractivity (Wildman–Crippen MR) is 100 cm³/mol. The van der Waals surface area contributed by atoms with Gasteiger partial charge in [0, 0.05) is 35.9 Å². The minimum atomic E-state index is -0.818. The molecule has 0 spiro atoms. The van der Waals surface area contributed by atoms with Crippen molar-refractivity contribution in [1.29, 1.82) is 0 Å². The van der Waals surface area contributed by atoms with Gasteiger partial charge in [-0.1, -0.05) is 0 Å². The number of carboxylic acids is 1. The number of thiazole rings is 1. The van der Waals surface area contributed by atoms with Gasteiger partial charge in [0.2, 0.25) is 0 Å². The third-order valence-corrected chi connectivity index (χ3v) is 6.17. The summed E-state index contributed by atoms with van der Waals surface area (Å²) in [5.41, 5.74) is -0.326. The number of nitrogens with zero attached hydrogens (tertiary/aromatic N) is 3. The van der Waals surface area contributed by atoms with E-state index < -0.39 is 11.9 Å². The first kappa shape index (κ1) is 18.1. The molecule has 2 saturated carbocycles. The average molecular weight is 390 g/mol. The largest absolute Gasteiger partial charge is 0.480 e. The molecule has 2 aromatic heterocycles. The van der Waals surface area contributed by atoms with Crippen LogP contribution in [0.25, 0.3) is 4.96 Å². The Hall–Kier alpha value is -2.26. The first-order valence-corrected chi connectivity index (χ1v) is 9.97. The fourth-order valence-corrected chi connectivity index (χ4v) is 4.35. The number of hydrogen-bond donors (Lipinski definition) is 2. The molecule has 27 heavy (non-hydrogen) atoms. The summed E-state index contributed by atoms with van der Waals surface area (Å²) in [7, 11) is 0. The third kappa shape index (κ3) is 3.89. The van der Waals surface area contributed by atoms with Crippen molar-refractivity contribution in [2.45, 2.75) is 44.7 Å². The predicted octanol–water partition coefficient (Wildman–Crippen LogP) is 1.12. The van der Waals surface area contributed by atoms with Crippen molar-refractivity contribution < 1.29 is 14.7 Å². The molecule has 8 nitrogen and oxygen atoms in total. The summed E-state index contributed by atoms with van der Waals surface area (Å²) >= 11 is 1.40. The van der Waals surface area contributed by atoms with Gasteiger partial charge in [-0.05, 0) is 38.5 Å². The molecule has 2 aromatic rings. The number of carbonyl (C=O) groups excluding carboxylic acids is 1. The number of aromatic nitrogens is 2. The molecule has 2 aliphatic carbocycles. The van der Waals surface area contributed by atoms with Gasteiger partial charge in [0.25, 0.3) is 11.5 Å². The highest BCUT2D eigenvalue weighted by atomic mass is 32.1. The lowest BCUT2D eigenvalue weighted by Crippen LogP contribution is -2.55. The standard InChI is InChI=1S/C18H22N4O4S/c1-10-7-22-17(26)14(6-19-18(22)27-10)16(25)20-12-4-13(5-12)21(9-15(23)24)8-11-2-3-11/h6-7,11-13H,2-5,8-9H2,1H3,(H,20,25)(H,23,24). The van der Waals surface area contributed by atoms with Crippen molar-refractivity contribution in [2.75, 3.05) is 13.1 Å². The lowest BCUT2D eigenvalue weighted by Gasteiger charge is -2.42. The highest BCUT2D eigenvalue weighted by molar-refractivity contribution is 7.16. The number of carbonyl (C=O) groups is 2. The second-order valence-corrected chi connectivity index (χ2v) is 8.75. The molecule has 2 aliphatic rings. The Morgan fingerprint density at radius 3 is 2.81 bits per heavy atom. The van der Waals surface area contributed by atoms with Crippen molar-refractivity contribution in [3.63, 3.8) is 0 Å². The molecule has 2 fully saturated rings. The minimum absolute atomic E-state index is 0.0362. The maximum atomic E-state index is 12.5. The van der Waals surface area contributed by atoms with Crippen molar-refractivity contribution in [3.8, 4) is 0 Å². The highest BCUT2D eigenvalue weighted by Crippen LogP contribution is 2.33. The Morgan fingerprint density at radius 2 is 2.15 bits per heavy atom. The fraction of sp³-hybridized carbons (Fsp3) is 0.556. The van der Waals surface area contributed by atoms with Gasteiger partial charge in [0.05, 0.1) is 6.54 Å². The minimum Gasteiger partial charge on any atom is -0.480 e. The molecule has 144 valence electrons. The van der Waals surface area contributed by atoms with Crippen LogP contribution in [0.3, 0.4) is 0 Å². The summed E-state index contributed by atoms with van der Waals surface area (Å²) in [6, 6.07) is 0.135. The second kappa shape index (κ2) is 7.05. The Bertz CT molecular complexity index is 942. The summed E-state index contributed by atoms with van der Waals surface area (Å²) in [5.74, 6) is -0.618. The highest BCUT2D eigenvalue weighted by Gasteiger charge is 2.38. The van der Waals surface area contributed by atoms with Gasteiger partial charge in [-0.3, -0.25) is 23.7 Å². The van der Waals surface area contributed by atoms with Gasteiger partial charge in [-0.15, -0.1) is 11.3 Å². The van der Waals surface area contributed by atoms with Gasteiger partial charge >= 0.3 is 5.97 Å². The van der Waals surface area contributed by atoms with Crippen LogP contribution in [0.4, 0.5) is 0 Å². The Morgan fingerprint density at radius 1 is 1.41 bits per heavy atom. The summed E-state index contributed by atoms with van der Waals surface area (Å²) in [4.78, 5) is 43.8. The van der Waals surface area contributed by atoms with Crippen molar-refractivity contribution in [1.82, 2.24) is 19.6 Å². The first-order valence-electron chi connectivity index (χ1n) is 9.15. The zero-order valence-corrected chi connectivity index (χ0v) is 15.9. The van der Waals surface area contributed by atoms with E-state index >= 15 is 0 Å². The molecule has 9 heteroatoms. The SMILES string of the molecule is Cc1cn2c(=O)c(C(=O)NC3CC(N(CC(=O)O)CC4CC4)C3)cnc2s1. The molecule has 0 atom stereocenters. The van der Waals surface area contributed by atoms with Crippen molar-refractivity contribution in [2.24, 2.45) is 5.92 Å². The van der Waals surface area contributed by atoms with Crippen LogP contribution in [0.1, 0.15) is 40.9 Å². The number of rotatable bonds is 7. The monoisotopic (exact) mass is 390 g/mol. The Kier molecular flexibility index (Phi) is 4.73. The maximum absolute atomic E-state index is 12.5. The summed E-state index contributed by atoms with van der Waals surface area (Å²) in [6.45, 7) is 2.75. The van der Waals surface area contributed by atoms with Gasteiger partial charge in [-0.25, -0.2) is 4.98 Å². The van der Waals surface area contributed by atoms with Crippen molar-refractivity contribution >= 4 is 28.2 Å². The van der Waals surface area contributed by atoms with Crippen LogP contribution < -0.4 is 10.9 Å². The third-order valence-electron chi connectivity index (χ3n) is 5.26. The molecule has 0 aromatic carbocycles. The molecule has 0 radical (unpaired) electrons. The van der Waals surface area contributed by atoms with E-state index in [0.717, 1.165) is 11.4 Å². The molecule has 4 rings (SSSR count). The smallest absolute Gasteiger partial charge is 0.317 e. The van der Waals surface area contributed by atoms with E-state index in [-0.39, 0.29) is 29.8 Å². The summed E-state index contributed by atoms with van der Waals surface area (Å²) in [6.07, 6.45) is 6.78. The van der Waals surface area contributed by atoms with Crippen LogP contribution in [-0.2, 0) is 4.79 Å². The number of fused-ring (bicyclic) bond motifs is 1. The van der Waals surface area contributed by atoms with Crippen LogP contribution in [0.15, 0.2) is 17.2 Å². The lowest BCUT2D eigenvalue weighted by molar-refractivity contribution is -0.139. The summed E-state index contributed by atoms with van der Waals surface area (Å²) in [5, 5.41) is 12.0. The second-order valence-electron chi connectivity index (χ2n) is 7.53. The molecule has 0 unspecified atom stereocenters. The van der Waals surface area contributed by atoms with Crippen LogP contribution in [0.5, 0.6) is 0 Å². The zero-order valence-electron chi connectivity index (χ0n) is 15.1. The van der Waals surface area contributed by atoms with Crippen LogP contribution in [-0.4, -0.2) is 56.4 Å². The molecule has 0 aliphatic heterocycles. The van der Waals surface area contributed by atoms with E-state index in [4.69, 9.17) is 5.11 Å². The average Bonchev–Trinajstić information content (AvgIpc) is 3.28. The maximum Gasteiger partial charge on any atom is 0.317 e. The number of carboxylic acid groups (broad SMARTS) is 1. The number of nitrogens with one attached hydrogen (secondary N) is 1. The Balaban J connectivity index is 1.38. The normalized spacial score (nSPS) is 22.0. The molecule has 2 N–H and O–H groups in total. The van der Waals surface area contributed by atoms with E-state index in [1.54, 1.807) is 6.20 Å². The first-order chi connectivity index (χ1) is 12.9. The molecule has 0 saturated heterocycles. The molecule has 0 bridgehead atoms. The topological polar surface area (TPSA) is 104 Å². The lowest BCUT2D eigenvalue weighted by atomic mass is 9.85. The number of aliphatic carboxylic acids is 1. The molecule has 1 amide bonds. The van der Waals surface area contributed by atoms with Crippen LogP contribution >= 0.6 is 11.3 Å². The molecule has 2 heterocycles. The number of aryl methyl sites for hydroxylation is 1. The van der Waals surface area contributed by atoms with E-state index in [0.29, 0.717) is 23.7 Å². The van der Waals surface area contributed by atoms with Crippen molar-refractivity contribution in [3.05, 3.63) is 33.2 Å². The number of hydrogen-bond acceptors (Lipinski definition) is 6. The number of amides is 1. The van der Waals surface area contributed by atoms with Gasteiger partial charge in [-0.2, -0.15) is 0 Å². The summed E-state index contributed by atoms with van der Waals surface area (Å²) < 4.78 is 1.41. The van der Waals surface area contributed by atoms with E-state index in [1.807, 2.05) is 11.8 Å². The van der Waals surface area contributed by atoms with Gasteiger partial charge in [0.15, 0.2) is 4.96 Å². The van der Waals surface area contributed by atoms with E-state index in [1.165, 1.54) is 34.8 Å². The van der Waals surface area contributed by atoms with Crippen LogP contribution in [0.2, 0.25) is 0 Å². The molecular formula is C18H22N4O4S. The Labute approximate surface area is 159 Å². The van der Waals surface area contributed by atoms with Gasteiger partial charge < -0.3 is 10.4 Å². The quantitative estimate of drug-likeness (QED) is 0.734. The zero-order chi connectivity index (χ0) is 19.1. The van der Waals surface area contributed by atoms with E-state index in [9.17, 15) is 14.4 Å². The van der Waals surface area contributed by atoms with Crippen LogP contribution in [0, 0.1) is 12.8 Å². The fourth-order valence-electron chi connectivity index (χ4n) is 3.57. The van der Waals surface area contributed by atoms with Gasteiger partial charge in [0.1, 0.15) is 5.56 Å².